The average molecular weight is 561 g/mol. The molecule has 10 rings (SSSR count). The molecule has 10 aromatic rings. The maximum Gasteiger partial charge on any atom is 0.245 e. The van der Waals surface area contributed by atoms with E-state index in [4.69, 9.17) is 19.9 Å². The maximum absolute atomic E-state index is 5.10. The molecule has 5 heteroatoms. The number of hydrogen-bond acceptors (Lipinski definition) is 4. The summed E-state index contributed by atoms with van der Waals surface area (Å²) >= 11 is 0. The van der Waals surface area contributed by atoms with Crippen molar-refractivity contribution in [3.63, 3.8) is 0 Å². The van der Waals surface area contributed by atoms with Crippen LogP contribution in [0.3, 0.4) is 0 Å². The summed E-state index contributed by atoms with van der Waals surface area (Å²) in [6.45, 7) is 0. The largest absolute Gasteiger partial charge is 0.252 e. The van der Waals surface area contributed by atoms with Gasteiger partial charge >= 0.3 is 0 Å². The van der Waals surface area contributed by atoms with Crippen molar-refractivity contribution in [2.45, 2.75) is 0 Å². The molecular formula is C39H22N5+. The molecule has 202 valence electrons. The fraction of sp³-hybridized carbons (Fsp3) is 0. The standard InChI is InChI=1S/C39H22N5/c1-3-9-26-24(8-1)14-16-31-33(26)28-11-5-6-12-29(28)37-39(31)44(20-19-42-37)25-21-32-34-27-10-4-2-7-23(27)13-15-30(34)35-38(36(32)43-22-25)41-18-17-40-35/h1-22H/q+1. The molecule has 44 heavy (non-hydrogen) atoms. The van der Waals surface area contributed by atoms with Crippen LogP contribution >= 0.6 is 0 Å². The predicted octanol–water partition coefficient (Wildman–Crippen LogP) is 8.77. The van der Waals surface area contributed by atoms with Crippen molar-refractivity contribution < 1.29 is 4.57 Å². The van der Waals surface area contributed by atoms with Crippen LogP contribution in [0, 0.1) is 0 Å². The first-order valence-corrected chi connectivity index (χ1v) is 14.7. The van der Waals surface area contributed by atoms with Gasteiger partial charge in [-0.25, -0.2) is 9.97 Å². The number of rotatable bonds is 1. The zero-order chi connectivity index (χ0) is 28.8. The first-order valence-electron chi connectivity index (χ1n) is 14.7. The highest BCUT2D eigenvalue weighted by Crippen LogP contribution is 2.39. The van der Waals surface area contributed by atoms with Crippen LogP contribution < -0.4 is 4.57 Å². The highest BCUT2D eigenvalue weighted by Gasteiger charge is 2.23. The molecule has 5 nitrogen and oxygen atoms in total. The van der Waals surface area contributed by atoms with Gasteiger partial charge in [0.05, 0.1) is 28.8 Å². The van der Waals surface area contributed by atoms with E-state index in [2.05, 4.69) is 114 Å². The van der Waals surface area contributed by atoms with Gasteiger partial charge in [0.1, 0.15) is 11.0 Å². The Labute approximate surface area is 250 Å². The summed E-state index contributed by atoms with van der Waals surface area (Å²) < 4.78 is 2.25. The summed E-state index contributed by atoms with van der Waals surface area (Å²) in [4.78, 5) is 19.6. The number of hydrogen-bond donors (Lipinski definition) is 0. The molecule has 0 N–H and O–H groups in total. The normalized spacial score (nSPS) is 12.1. The van der Waals surface area contributed by atoms with Gasteiger partial charge in [0.25, 0.3) is 0 Å². The third-order valence-electron chi connectivity index (χ3n) is 9.05. The lowest BCUT2D eigenvalue weighted by Crippen LogP contribution is -2.32. The Morgan fingerprint density at radius 1 is 0.409 bits per heavy atom. The van der Waals surface area contributed by atoms with Crippen molar-refractivity contribution in [1.82, 2.24) is 19.9 Å². The summed E-state index contributed by atoms with van der Waals surface area (Å²) in [5.74, 6) is 0. The molecule has 3 aromatic heterocycles. The fourth-order valence-electron chi connectivity index (χ4n) is 7.19. The van der Waals surface area contributed by atoms with Crippen LogP contribution in [0.2, 0.25) is 0 Å². The maximum atomic E-state index is 5.10. The van der Waals surface area contributed by atoms with Gasteiger partial charge in [-0.3, -0.25) is 9.97 Å². The highest BCUT2D eigenvalue weighted by molar-refractivity contribution is 6.30. The number of pyridine rings is 1. The minimum Gasteiger partial charge on any atom is -0.252 e. The highest BCUT2D eigenvalue weighted by atomic mass is 15.0. The summed E-state index contributed by atoms with van der Waals surface area (Å²) in [6, 6.07) is 36.8. The van der Waals surface area contributed by atoms with Crippen molar-refractivity contribution in [3.8, 4) is 5.69 Å². The van der Waals surface area contributed by atoms with Crippen molar-refractivity contribution in [1.29, 1.82) is 0 Å². The zero-order valence-corrected chi connectivity index (χ0v) is 23.4. The van der Waals surface area contributed by atoms with E-state index in [-0.39, 0.29) is 0 Å². The van der Waals surface area contributed by atoms with Gasteiger partial charge in [-0.05, 0) is 33.0 Å². The second-order valence-corrected chi connectivity index (χ2v) is 11.3. The molecular weight excluding hydrogens is 538 g/mol. The second-order valence-electron chi connectivity index (χ2n) is 11.3. The second kappa shape index (κ2) is 8.72. The average Bonchev–Trinajstić information content (AvgIpc) is 3.10. The van der Waals surface area contributed by atoms with Crippen LogP contribution in [0.5, 0.6) is 0 Å². The molecule has 0 amide bonds. The van der Waals surface area contributed by atoms with E-state index in [1.54, 1.807) is 12.4 Å². The van der Waals surface area contributed by atoms with Gasteiger partial charge < -0.3 is 0 Å². The van der Waals surface area contributed by atoms with E-state index in [1.165, 1.54) is 32.3 Å². The van der Waals surface area contributed by atoms with Crippen LogP contribution in [0.25, 0.3) is 92.5 Å². The minimum atomic E-state index is 0.810. The van der Waals surface area contributed by atoms with E-state index in [9.17, 15) is 0 Å². The van der Waals surface area contributed by atoms with E-state index in [0.29, 0.717) is 0 Å². The number of aromatic nitrogens is 5. The molecule has 0 bridgehead atoms. The van der Waals surface area contributed by atoms with E-state index >= 15 is 0 Å². The lowest BCUT2D eigenvalue weighted by molar-refractivity contribution is -0.566. The van der Waals surface area contributed by atoms with Gasteiger partial charge in [0.2, 0.25) is 11.2 Å². The van der Waals surface area contributed by atoms with Gasteiger partial charge in [-0.1, -0.05) is 91.0 Å². The first kappa shape index (κ1) is 23.5. The Balaban J connectivity index is 1.40. The minimum absolute atomic E-state index is 0.810. The predicted molar refractivity (Wildman–Crippen MR) is 179 cm³/mol. The Bertz CT molecular complexity index is 2840. The molecule has 0 fully saturated rings. The molecule has 0 aliphatic rings. The smallest absolute Gasteiger partial charge is 0.245 e. The van der Waals surface area contributed by atoms with Gasteiger partial charge in [-0.2, -0.15) is 4.57 Å². The van der Waals surface area contributed by atoms with Crippen molar-refractivity contribution in [2.24, 2.45) is 0 Å². The molecule has 0 atom stereocenters. The van der Waals surface area contributed by atoms with Gasteiger partial charge in [0.15, 0.2) is 6.20 Å². The third-order valence-corrected chi connectivity index (χ3v) is 9.05. The summed E-state index contributed by atoms with van der Waals surface area (Å²) in [5.41, 5.74) is 5.51. The molecule has 0 aliphatic heterocycles. The van der Waals surface area contributed by atoms with E-state index < -0.39 is 0 Å². The summed E-state index contributed by atoms with van der Waals surface area (Å²) in [5, 5.41) is 12.8. The first-order chi connectivity index (χ1) is 21.8. The molecule has 0 unspecified atom stereocenters. The molecule has 0 aliphatic carbocycles. The summed E-state index contributed by atoms with van der Waals surface area (Å²) in [6.07, 6.45) is 9.40. The Morgan fingerprint density at radius 2 is 1.00 bits per heavy atom. The molecule has 0 saturated heterocycles. The number of benzene rings is 7. The number of nitrogens with zero attached hydrogens (tertiary/aromatic N) is 5. The number of fused-ring (bicyclic) bond motifs is 16. The van der Waals surface area contributed by atoms with Gasteiger partial charge in [0, 0.05) is 45.4 Å². The third kappa shape index (κ3) is 3.10. The molecule has 0 spiro atoms. The molecule has 0 saturated carbocycles. The monoisotopic (exact) mass is 560 g/mol. The lowest BCUT2D eigenvalue weighted by Gasteiger charge is -2.13. The molecule has 3 heterocycles. The Kier molecular flexibility index (Phi) is 4.66. The van der Waals surface area contributed by atoms with E-state index in [1.807, 2.05) is 12.4 Å². The van der Waals surface area contributed by atoms with Crippen LogP contribution in [-0.2, 0) is 0 Å². The van der Waals surface area contributed by atoms with Crippen molar-refractivity contribution in [2.75, 3.05) is 0 Å². The fourth-order valence-corrected chi connectivity index (χ4v) is 7.19. The summed E-state index contributed by atoms with van der Waals surface area (Å²) in [7, 11) is 0. The van der Waals surface area contributed by atoms with E-state index in [0.717, 1.165) is 60.2 Å². The van der Waals surface area contributed by atoms with Crippen molar-refractivity contribution in [3.05, 3.63) is 134 Å². The Morgan fingerprint density at radius 3 is 1.77 bits per heavy atom. The Hall–Kier alpha value is -6.07. The van der Waals surface area contributed by atoms with Gasteiger partial charge in [-0.15, -0.1) is 0 Å². The topological polar surface area (TPSA) is 55.4 Å². The zero-order valence-electron chi connectivity index (χ0n) is 23.4. The van der Waals surface area contributed by atoms with Crippen molar-refractivity contribution >= 4 is 86.8 Å². The lowest BCUT2D eigenvalue weighted by atomic mass is 9.94. The molecule has 0 radical (unpaired) electrons. The van der Waals surface area contributed by atoms with Crippen LogP contribution in [0.4, 0.5) is 0 Å². The quantitative estimate of drug-likeness (QED) is 0.149. The van der Waals surface area contributed by atoms with Crippen LogP contribution in [0.15, 0.2) is 134 Å². The SMILES string of the molecule is c1ccc2c(c1)ccc1c3nccnc3c3ncc(-[n+]4ccnc5c6ccccc6c6c7ccccc7ccc6c54)cc3c21. The van der Waals surface area contributed by atoms with Crippen LogP contribution in [-0.4, -0.2) is 19.9 Å². The van der Waals surface area contributed by atoms with Crippen LogP contribution in [0.1, 0.15) is 0 Å². The molecule has 7 aromatic carbocycles.